The van der Waals surface area contributed by atoms with E-state index in [0.717, 1.165) is 0 Å². The van der Waals surface area contributed by atoms with Crippen LogP contribution in [-0.4, -0.2) is 41.0 Å². The molecule has 0 radical (unpaired) electrons. The summed E-state index contributed by atoms with van der Waals surface area (Å²) in [5.74, 6) is 0. The first-order chi connectivity index (χ1) is 4.30. The van der Waals surface area contributed by atoms with Crippen molar-refractivity contribution in [3.05, 3.63) is 24.5 Å². The van der Waals surface area contributed by atoms with E-state index < -0.39 is 7.12 Å². The molecule has 0 amide bonds. The maximum absolute atomic E-state index is 8.55. The van der Waals surface area contributed by atoms with Crippen LogP contribution in [0.4, 0.5) is 0 Å². The molecule has 1 aromatic heterocycles. The molecule has 0 fully saturated rings. The quantitative estimate of drug-likeness (QED) is 0.438. The topological polar surface area (TPSA) is 53.4 Å². The van der Waals surface area contributed by atoms with Crippen LogP contribution in [-0.2, 0) is 0 Å². The predicted molar refractivity (Wildman–Crippen MR) is 41.2 cm³/mol. The predicted octanol–water partition coefficient (Wildman–Crippen LogP) is -1.89. The van der Waals surface area contributed by atoms with E-state index in [1.54, 1.807) is 12.1 Å². The van der Waals surface area contributed by atoms with E-state index >= 15 is 0 Å². The Bertz CT molecular complexity index is 182. The molecule has 0 bridgehead atoms. The van der Waals surface area contributed by atoms with Crippen molar-refractivity contribution in [3.8, 4) is 0 Å². The summed E-state index contributed by atoms with van der Waals surface area (Å²) in [4.78, 5) is 3.71. The van der Waals surface area contributed by atoms with Crippen molar-refractivity contribution < 1.29 is 10.0 Å². The monoisotopic (exact) mass is 131 g/mol. The molecule has 0 aromatic carbocycles. The Morgan fingerprint density at radius 3 is 2.00 bits per heavy atom. The summed E-state index contributed by atoms with van der Waals surface area (Å²) in [7, 11) is -1.38. The van der Waals surface area contributed by atoms with Crippen molar-refractivity contribution in [1.82, 2.24) is 4.98 Å². The first kappa shape index (κ1) is 9.73. The summed E-state index contributed by atoms with van der Waals surface area (Å²) >= 11 is 0. The summed E-state index contributed by atoms with van der Waals surface area (Å²) in [6.07, 6.45) is 3.02. The molecule has 0 aliphatic rings. The van der Waals surface area contributed by atoms with Gasteiger partial charge in [-0.2, -0.15) is 0 Å². The van der Waals surface area contributed by atoms with Gasteiger partial charge in [0.1, 0.15) is 0 Å². The third-order valence-corrected chi connectivity index (χ3v) is 1.00. The van der Waals surface area contributed by atoms with Gasteiger partial charge in [-0.1, -0.05) is 0 Å². The molecule has 0 atom stereocenters. The van der Waals surface area contributed by atoms with E-state index in [2.05, 4.69) is 4.98 Å². The Labute approximate surface area is 71.4 Å². The molecule has 3 nitrogen and oxygen atoms in total. The van der Waals surface area contributed by atoms with Crippen LogP contribution >= 0.6 is 0 Å². The maximum atomic E-state index is 8.55. The molecule has 48 valence electrons. The van der Waals surface area contributed by atoms with E-state index in [0.29, 0.717) is 5.46 Å². The van der Waals surface area contributed by atoms with Gasteiger partial charge in [0.15, 0.2) is 0 Å². The van der Waals surface area contributed by atoms with Crippen molar-refractivity contribution in [2.45, 2.75) is 0 Å². The average Bonchev–Trinajstić information content (AvgIpc) is 1.90. The number of hydrogen-bond acceptors (Lipinski definition) is 3. The van der Waals surface area contributed by atoms with Gasteiger partial charge in [0.05, 0.1) is 0 Å². The van der Waals surface area contributed by atoms with E-state index in [-0.39, 0.29) is 18.9 Å². The second-order valence-electron chi connectivity index (χ2n) is 1.65. The molecular formula is C5H7BLiNO2. The van der Waals surface area contributed by atoms with Crippen LogP contribution in [0.5, 0.6) is 0 Å². The van der Waals surface area contributed by atoms with Crippen molar-refractivity contribution >= 4 is 31.4 Å². The third-order valence-electron chi connectivity index (χ3n) is 1.00. The van der Waals surface area contributed by atoms with Crippen LogP contribution in [0.2, 0.25) is 0 Å². The Morgan fingerprint density at radius 2 is 1.70 bits per heavy atom. The van der Waals surface area contributed by atoms with Crippen LogP contribution in [0, 0.1) is 0 Å². The molecule has 1 aromatic rings. The van der Waals surface area contributed by atoms with Crippen LogP contribution in [0.3, 0.4) is 0 Å². The first-order valence-corrected chi connectivity index (χ1v) is 2.57. The van der Waals surface area contributed by atoms with Crippen LogP contribution in [0.1, 0.15) is 0 Å². The molecule has 0 aliphatic heterocycles. The molecule has 0 saturated carbocycles. The van der Waals surface area contributed by atoms with Crippen LogP contribution < -0.4 is 5.46 Å². The minimum absolute atomic E-state index is 0. The fourth-order valence-corrected chi connectivity index (χ4v) is 0.536. The van der Waals surface area contributed by atoms with E-state index in [9.17, 15) is 0 Å². The summed E-state index contributed by atoms with van der Waals surface area (Å²) in [5, 5.41) is 17.1. The number of nitrogens with zero attached hydrogens (tertiary/aromatic N) is 1. The van der Waals surface area contributed by atoms with Gasteiger partial charge in [0.25, 0.3) is 0 Å². The second kappa shape index (κ2) is 4.53. The Hall–Kier alpha value is -0.268. The van der Waals surface area contributed by atoms with Gasteiger partial charge >= 0.3 is 26.0 Å². The first-order valence-electron chi connectivity index (χ1n) is 2.57. The van der Waals surface area contributed by atoms with Gasteiger partial charge in [-0.3, -0.25) is 4.98 Å². The van der Waals surface area contributed by atoms with Gasteiger partial charge in [0, 0.05) is 12.4 Å². The Balaban J connectivity index is 0.000000810. The Kier molecular flexibility index (Phi) is 4.41. The van der Waals surface area contributed by atoms with E-state index in [1.807, 2.05) is 0 Å². The zero-order valence-electron chi connectivity index (χ0n) is 4.73. The van der Waals surface area contributed by atoms with E-state index in [4.69, 9.17) is 10.0 Å². The fraction of sp³-hybridized carbons (Fsp3) is 0. The summed E-state index contributed by atoms with van der Waals surface area (Å²) in [5.41, 5.74) is 0.463. The van der Waals surface area contributed by atoms with Gasteiger partial charge < -0.3 is 10.0 Å². The van der Waals surface area contributed by atoms with E-state index in [1.165, 1.54) is 12.4 Å². The zero-order chi connectivity index (χ0) is 6.69. The molecule has 1 heterocycles. The van der Waals surface area contributed by atoms with Gasteiger partial charge in [-0.25, -0.2) is 0 Å². The summed E-state index contributed by atoms with van der Waals surface area (Å²) in [6.45, 7) is 0. The standard InChI is InChI=1S/C5H6BNO2.Li.H/c8-6(9)5-1-3-7-4-2-5;;/h1-4,8-9H;;. The minimum atomic E-state index is -1.38. The van der Waals surface area contributed by atoms with Crippen LogP contribution in [0.15, 0.2) is 24.5 Å². The summed E-state index contributed by atoms with van der Waals surface area (Å²) in [6, 6.07) is 3.09. The second-order valence-corrected chi connectivity index (χ2v) is 1.65. The molecule has 0 aliphatic carbocycles. The Morgan fingerprint density at radius 1 is 1.20 bits per heavy atom. The SMILES string of the molecule is OB(O)c1ccncc1.[LiH]. The van der Waals surface area contributed by atoms with Crippen LogP contribution in [0.25, 0.3) is 0 Å². The van der Waals surface area contributed by atoms with Crippen molar-refractivity contribution in [2.24, 2.45) is 0 Å². The molecule has 0 spiro atoms. The molecule has 0 unspecified atom stereocenters. The van der Waals surface area contributed by atoms with Crippen molar-refractivity contribution in [3.63, 3.8) is 0 Å². The third kappa shape index (κ3) is 2.55. The van der Waals surface area contributed by atoms with Gasteiger partial charge in [-0.15, -0.1) is 0 Å². The number of rotatable bonds is 1. The number of pyridine rings is 1. The molecule has 10 heavy (non-hydrogen) atoms. The number of hydrogen-bond donors (Lipinski definition) is 2. The van der Waals surface area contributed by atoms with Gasteiger partial charge in [0.2, 0.25) is 0 Å². The number of aromatic nitrogens is 1. The van der Waals surface area contributed by atoms with Crippen molar-refractivity contribution in [1.29, 1.82) is 0 Å². The summed E-state index contributed by atoms with van der Waals surface area (Å²) < 4.78 is 0. The van der Waals surface area contributed by atoms with Crippen molar-refractivity contribution in [2.75, 3.05) is 0 Å². The average molecular weight is 131 g/mol. The fourth-order valence-electron chi connectivity index (χ4n) is 0.536. The molecule has 5 heteroatoms. The molecule has 0 saturated heterocycles. The molecule has 2 N–H and O–H groups in total. The zero-order valence-corrected chi connectivity index (χ0v) is 4.73. The van der Waals surface area contributed by atoms with Gasteiger partial charge in [-0.05, 0) is 17.6 Å². The molecule has 1 rings (SSSR count). The normalized spacial score (nSPS) is 8.20. The molecular weight excluding hydrogens is 124 g/mol.